The van der Waals surface area contributed by atoms with E-state index in [4.69, 9.17) is 9.47 Å². The summed E-state index contributed by atoms with van der Waals surface area (Å²) in [5.41, 5.74) is 0.887. The van der Waals surface area contributed by atoms with Crippen molar-refractivity contribution in [2.75, 3.05) is 26.2 Å². The lowest BCUT2D eigenvalue weighted by atomic mass is 10.1. The van der Waals surface area contributed by atoms with E-state index in [1.54, 1.807) is 4.90 Å². The van der Waals surface area contributed by atoms with Crippen molar-refractivity contribution in [1.82, 2.24) is 9.80 Å². The maximum absolute atomic E-state index is 12.1. The molecule has 0 aliphatic carbocycles. The number of nitrogens with zero attached hydrogens (tertiary/aromatic N) is 2. The third kappa shape index (κ3) is 5.49. The fraction of sp³-hybridized carbons (Fsp3) is 0.571. The molecule has 142 valence electrons. The maximum atomic E-state index is 12.1. The molecular weight excluding hydrogens is 328 g/mol. The molecule has 0 aromatic heterocycles. The van der Waals surface area contributed by atoms with Crippen LogP contribution < -0.4 is 0 Å². The second-order valence-electron chi connectivity index (χ2n) is 8.10. The molecule has 5 heteroatoms. The Balaban J connectivity index is 1.43. The van der Waals surface area contributed by atoms with Gasteiger partial charge in [-0.05, 0) is 32.4 Å². The average Bonchev–Trinajstić information content (AvgIpc) is 3.05. The molecule has 2 heterocycles. The van der Waals surface area contributed by atoms with Crippen LogP contribution in [0, 0.1) is 0 Å². The largest absolute Gasteiger partial charge is 0.493 e. The first-order valence-electron chi connectivity index (χ1n) is 9.49. The van der Waals surface area contributed by atoms with E-state index < -0.39 is 5.60 Å². The van der Waals surface area contributed by atoms with Gasteiger partial charge < -0.3 is 14.4 Å². The summed E-state index contributed by atoms with van der Waals surface area (Å²) in [6, 6.07) is 10.5. The van der Waals surface area contributed by atoms with Crippen LogP contribution in [0.25, 0.3) is 0 Å². The van der Waals surface area contributed by atoms with Crippen LogP contribution in [0.4, 0.5) is 4.79 Å². The minimum absolute atomic E-state index is 0.0782. The first kappa shape index (κ1) is 18.8. The number of carbonyl (C=O) groups excluding carboxylic acids is 1. The number of hydrogen-bond acceptors (Lipinski definition) is 4. The summed E-state index contributed by atoms with van der Waals surface area (Å²) in [5, 5.41) is 0. The van der Waals surface area contributed by atoms with E-state index in [1.165, 1.54) is 5.56 Å². The lowest BCUT2D eigenvalue weighted by molar-refractivity contribution is 0.0252. The summed E-state index contributed by atoms with van der Waals surface area (Å²) >= 11 is 0. The van der Waals surface area contributed by atoms with Crippen LogP contribution in [0.5, 0.6) is 0 Å². The molecule has 1 amide bonds. The van der Waals surface area contributed by atoms with Gasteiger partial charge in [0, 0.05) is 39.0 Å². The van der Waals surface area contributed by atoms with Crippen LogP contribution in [0.15, 0.2) is 42.2 Å². The minimum atomic E-state index is -0.454. The molecule has 26 heavy (non-hydrogen) atoms. The van der Waals surface area contributed by atoms with Crippen molar-refractivity contribution in [2.24, 2.45) is 0 Å². The number of likely N-dealkylation sites (tertiary alicyclic amines) is 1. The van der Waals surface area contributed by atoms with Crippen LogP contribution in [0.1, 0.15) is 39.2 Å². The van der Waals surface area contributed by atoms with Gasteiger partial charge in [-0.3, -0.25) is 4.90 Å². The third-order valence-electron chi connectivity index (χ3n) is 4.62. The molecule has 0 N–H and O–H groups in total. The highest BCUT2D eigenvalue weighted by Gasteiger charge is 2.31. The van der Waals surface area contributed by atoms with E-state index in [0.717, 1.165) is 38.2 Å². The average molecular weight is 358 g/mol. The predicted octanol–water partition coefficient (Wildman–Crippen LogP) is 3.80. The fourth-order valence-corrected chi connectivity index (χ4v) is 3.32. The molecule has 3 rings (SSSR count). The number of benzene rings is 1. The lowest BCUT2D eigenvalue weighted by Gasteiger charge is -2.28. The predicted molar refractivity (Wildman–Crippen MR) is 102 cm³/mol. The van der Waals surface area contributed by atoms with E-state index in [0.29, 0.717) is 13.1 Å². The maximum Gasteiger partial charge on any atom is 0.410 e. The number of hydrogen-bond donors (Lipinski definition) is 0. The van der Waals surface area contributed by atoms with Gasteiger partial charge in [-0.15, -0.1) is 0 Å². The Bertz CT molecular complexity index is 636. The molecule has 1 aromatic carbocycles. The van der Waals surface area contributed by atoms with Crippen LogP contribution in [-0.2, 0) is 16.0 Å². The van der Waals surface area contributed by atoms with Crippen molar-refractivity contribution in [1.29, 1.82) is 0 Å². The molecule has 0 unspecified atom stereocenters. The minimum Gasteiger partial charge on any atom is -0.493 e. The summed E-state index contributed by atoms with van der Waals surface area (Å²) < 4.78 is 11.6. The van der Waals surface area contributed by atoms with Crippen molar-refractivity contribution in [3.05, 3.63) is 47.7 Å². The zero-order valence-electron chi connectivity index (χ0n) is 16.1. The van der Waals surface area contributed by atoms with Gasteiger partial charge in [-0.2, -0.15) is 0 Å². The standard InChI is InChI=1S/C21H30N2O3/c1-21(2,3)26-20(24)23-14-11-19(16-23)25-18-9-12-22(13-10-18)15-17-7-5-4-6-8-17/h4-9,19H,10-16H2,1-3H3/t19-/m0/s1. The fourth-order valence-electron chi connectivity index (χ4n) is 3.32. The molecule has 0 spiro atoms. The highest BCUT2D eigenvalue weighted by atomic mass is 16.6. The Morgan fingerprint density at radius 3 is 2.62 bits per heavy atom. The van der Waals surface area contributed by atoms with Gasteiger partial charge in [0.1, 0.15) is 11.7 Å². The molecule has 0 saturated carbocycles. The van der Waals surface area contributed by atoms with Crippen LogP contribution in [0.2, 0.25) is 0 Å². The first-order valence-corrected chi connectivity index (χ1v) is 9.49. The van der Waals surface area contributed by atoms with E-state index in [2.05, 4.69) is 35.2 Å². The van der Waals surface area contributed by atoms with Crippen LogP contribution in [-0.4, -0.2) is 53.8 Å². The van der Waals surface area contributed by atoms with Gasteiger partial charge in [0.15, 0.2) is 0 Å². The van der Waals surface area contributed by atoms with Gasteiger partial charge >= 0.3 is 6.09 Å². The van der Waals surface area contributed by atoms with Gasteiger partial charge in [0.05, 0.1) is 12.3 Å². The summed E-state index contributed by atoms with van der Waals surface area (Å²) in [6.07, 6.45) is 3.81. The van der Waals surface area contributed by atoms with Gasteiger partial charge in [0.2, 0.25) is 0 Å². The molecular formula is C21H30N2O3. The second-order valence-corrected chi connectivity index (χ2v) is 8.10. The van der Waals surface area contributed by atoms with Crippen LogP contribution >= 0.6 is 0 Å². The van der Waals surface area contributed by atoms with E-state index >= 15 is 0 Å². The van der Waals surface area contributed by atoms with Crippen molar-refractivity contribution in [3.8, 4) is 0 Å². The summed E-state index contributed by atoms with van der Waals surface area (Å²) in [7, 11) is 0. The van der Waals surface area contributed by atoms with Gasteiger partial charge in [0.25, 0.3) is 0 Å². The van der Waals surface area contributed by atoms with Crippen molar-refractivity contribution in [3.63, 3.8) is 0 Å². The zero-order valence-corrected chi connectivity index (χ0v) is 16.1. The van der Waals surface area contributed by atoms with Gasteiger partial charge in [-0.1, -0.05) is 30.3 Å². The lowest BCUT2D eigenvalue weighted by Crippen LogP contribution is -2.36. The summed E-state index contributed by atoms with van der Waals surface area (Å²) in [4.78, 5) is 16.3. The SMILES string of the molecule is CC(C)(C)OC(=O)N1CC[C@H](OC2=CCN(Cc3ccccc3)CC2)C1. The van der Waals surface area contributed by atoms with E-state index in [1.807, 2.05) is 26.8 Å². The molecule has 1 aromatic rings. The molecule has 1 atom stereocenters. The van der Waals surface area contributed by atoms with Crippen LogP contribution in [0.3, 0.4) is 0 Å². The Kier molecular flexibility index (Phi) is 5.87. The Morgan fingerprint density at radius 1 is 1.19 bits per heavy atom. The number of ether oxygens (including phenoxy) is 2. The first-order chi connectivity index (χ1) is 12.4. The Hall–Kier alpha value is -2.01. The van der Waals surface area contributed by atoms with Gasteiger partial charge in [-0.25, -0.2) is 4.79 Å². The Morgan fingerprint density at radius 2 is 1.96 bits per heavy atom. The topological polar surface area (TPSA) is 42.0 Å². The summed E-state index contributed by atoms with van der Waals surface area (Å²) in [5.74, 6) is 1.06. The monoisotopic (exact) mass is 358 g/mol. The van der Waals surface area contributed by atoms with Crippen molar-refractivity contribution in [2.45, 2.75) is 51.9 Å². The number of rotatable bonds is 4. The quantitative estimate of drug-likeness (QED) is 0.821. The number of amides is 1. The smallest absolute Gasteiger partial charge is 0.410 e. The normalized spacial score (nSPS) is 21.4. The molecule has 0 radical (unpaired) electrons. The second kappa shape index (κ2) is 8.12. The molecule has 1 fully saturated rings. The molecule has 2 aliphatic rings. The van der Waals surface area contributed by atoms with E-state index in [-0.39, 0.29) is 12.2 Å². The number of carbonyl (C=O) groups is 1. The highest BCUT2D eigenvalue weighted by molar-refractivity contribution is 5.68. The summed E-state index contributed by atoms with van der Waals surface area (Å²) in [6.45, 7) is 9.87. The van der Waals surface area contributed by atoms with Crippen molar-refractivity contribution < 1.29 is 14.3 Å². The highest BCUT2D eigenvalue weighted by Crippen LogP contribution is 2.22. The molecule has 5 nitrogen and oxygen atoms in total. The third-order valence-corrected chi connectivity index (χ3v) is 4.62. The molecule has 2 aliphatic heterocycles. The zero-order chi connectivity index (χ0) is 18.6. The van der Waals surface area contributed by atoms with Crippen molar-refractivity contribution >= 4 is 6.09 Å². The molecule has 0 bridgehead atoms. The van der Waals surface area contributed by atoms with E-state index in [9.17, 15) is 4.79 Å². The Labute approximate surface area is 156 Å². The molecule has 1 saturated heterocycles.